The Morgan fingerprint density at radius 1 is 1.17 bits per heavy atom. The maximum absolute atomic E-state index is 12.7. The number of rotatable bonds is 5. The first-order chi connectivity index (χ1) is 11.7. The molecule has 1 unspecified atom stereocenters. The van der Waals surface area contributed by atoms with Crippen LogP contribution in [0, 0.1) is 0 Å². The molecule has 126 valence electrons. The highest BCUT2D eigenvalue weighted by Crippen LogP contribution is 2.33. The molecule has 1 aliphatic rings. The van der Waals surface area contributed by atoms with Gasteiger partial charge in [-0.25, -0.2) is 0 Å². The molecule has 0 radical (unpaired) electrons. The zero-order valence-electron chi connectivity index (χ0n) is 14.2. The van der Waals surface area contributed by atoms with Gasteiger partial charge >= 0.3 is 0 Å². The van der Waals surface area contributed by atoms with Gasteiger partial charge < -0.3 is 14.4 Å². The van der Waals surface area contributed by atoms with Crippen molar-refractivity contribution in [3.8, 4) is 11.5 Å². The number of amides is 1. The average molecular weight is 325 g/mol. The lowest BCUT2D eigenvalue weighted by Crippen LogP contribution is -2.45. The molecule has 4 heteroatoms. The van der Waals surface area contributed by atoms with Crippen LogP contribution in [-0.2, 0) is 11.2 Å². The SMILES string of the molecule is CCc1ccc(OCC(=O)N2CC(CC)Oc3ccccc32)cc1. The zero-order chi connectivity index (χ0) is 16.9. The second kappa shape index (κ2) is 7.39. The van der Waals surface area contributed by atoms with Gasteiger partial charge in [-0.3, -0.25) is 4.79 Å². The lowest BCUT2D eigenvalue weighted by Gasteiger charge is -2.34. The fraction of sp³-hybridized carbons (Fsp3) is 0.350. The smallest absolute Gasteiger partial charge is 0.265 e. The van der Waals surface area contributed by atoms with E-state index in [9.17, 15) is 4.79 Å². The molecule has 1 heterocycles. The number of para-hydroxylation sites is 2. The minimum absolute atomic E-state index is 0.0210. The van der Waals surface area contributed by atoms with Crippen molar-refractivity contribution in [3.05, 3.63) is 54.1 Å². The van der Waals surface area contributed by atoms with E-state index in [4.69, 9.17) is 9.47 Å². The molecule has 1 atom stereocenters. The van der Waals surface area contributed by atoms with E-state index in [0.29, 0.717) is 12.3 Å². The maximum Gasteiger partial charge on any atom is 0.265 e. The van der Waals surface area contributed by atoms with Crippen LogP contribution in [0.25, 0.3) is 0 Å². The fourth-order valence-corrected chi connectivity index (χ4v) is 2.79. The Balaban J connectivity index is 1.69. The summed E-state index contributed by atoms with van der Waals surface area (Å²) in [7, 11) is 0. The van der Waals surface area contributed by atoms with E-state index in [2.05, 4.69) is 13.8 Å². The number of hydrogen-bond donors (Lipinski definition) is 0. The summed E-state index contributed by atoms with van der Waals surface area (Å²) < 4.78 is 11.6. The van der Waals surface area contributed by atoms with Crippen LogP contribution in [0.4, 0.5) is 5.69 Å². The predicted octanol–water partition coefficient (Wildman–Crippen LogP) is 3.83. The van der Waals surface area contributed by atoms with E-state index in [1.165, 1.54) is 5.56 Å². The highest BCUT2D eigenvalue weighted by atomic mass is 16.5. The van der Waals surface area contributed by atoms with Crippen molar-refractivity contribution in [2.75, 3.05) is 18.1 Å². The lowest BCUT2D eigenvalue weighted by atomic mass is 10.1. The van der Waals surface area contributed by atoms with Crippen LogP contribution in [0.5, 0.6) is 11.5 Å². The molecule has 4 nitrogen and oxygen atoms in total. The number of hydrogen-bond acceptors (Lipinski definition) is 3. The molecule has 0 saturated heterocycles. The summed E-state index contributed by atoms with van der Waals surface area (Å²) in [5.41, 5.74) is 2.07. The number of carbonyl (C=O) groups excluding carboxylic acids is 1. The van der Waals surface area contributed by atoms with Crippen LogP contribution in [0.1, 0.15) is 25.8 Å². The summed E-state index contributed by atoms with van der Waals surface area (Å²) in [4.78, 5) is 14.4. The highest BCUT2D eigenvalue weighted by molar-refractivity contribution is 5.96. The van der Waals surface area contributed by atoms with Crippen molar-refractivity contribution in [2.45, 2.75) is 32.8 Å². The molecule has 0 saturated carbocycles. The third-order valence-corrected chi connectivity index (χ3v) is 4.29. The first-order valence-corrected chi connectivity index (χ1v) is 8.49. The van der Waals surface area contributed by atoms with Crippen molar-refractivity contribution in [2.24, 2.45) is 0 Å². The van der Waals surface area contributed by atoms with Crippen LogP contribution < -0.4 is 14.4 Å². The molecule has 2 aromatic carbocycles. The predicted molar refractivity (Wildman–Crippen MR) is 94.8 cm³/mol. The summed E-state index contributed by atoms with van der Waals surface area (Å²) in [5.74, 6) is 1.43. The van der Waals surface area contributed by atoms with Gasteiger partial charge in [-0.15, -0.1) is 0 Å². The quantitative estimate of drug-likeness (QED) is 0.838. The van der Waals surface area contributed by atoms with Crippen LogP contribution >= 0.6 is 0 Å². The number of carbonyl (C=O) groups is 1. The number of fused-ring (bicyclic) bond motifs is 1. The van der Waals surface area contributed by atoms with E-state index >= 15 is 0 Å². The third kappa shape index (κ3) is 3.53. The number of aryl methyl sites for hydroxylation is 1. The largest absolute Gasteiger partial charge is 0.486 e. The van der Waals surface area contributed by atoms with Crippen LogP contribution in [0.3, 0.4) is 0 Å². The minimum Gasteiger partial charge on any atom is -0.486 e. The van der Waals surface area contributed by atoms with Gasteiger partial charge in [0.15, 0.2) is 6.61 Å². The van der Waals surface area contributed by atoms with Crippen LogP contribution in [-0.4, -0.2) is 25.2 Å². The van der Waals surface area contributed by atoms with Crippen LogP contribution in [0.15, 0.2) is 48.5 Å². The van der Waals surface area contributed by atoms with Crippen molar-refractivity contribution in [3.63, 3.8) is 0 Å². The number of nitrogens with zero attached hydrogens (tertiary/aromatic N) is 1. The van der Waals surface area contributed by atoms with E-state index in [1.807, 2.05) is 48.5 Å². The molecule has 1 aliphatic heterocycles. The number of anilines is 1. The van der Waals surface area contributed by atoms with Crippen molar-refractivity contribution < 1.29 is 14.3 Å². The normalized spacial score (nSPS) is 16.2. The van der Waals surface area contributed by atoms with E-state index in [0.717, 1.165) is 24.3 Å². The molecule has 0 aliphatic carbocycles. The maximum atomic E-state index is 12.7. The monoisotopic (exact) mass is 325 g/mol. The summed E-state index contributed by atoms with van der Waals surface area (Å²) in [6.07, 6.45) is 1.87. The van der Waals surface area contributed by atoms with Gasteiger partial charge in [0.2, 0.25) is 0 Å². The zero-order valence-corrected chi connectivity index (χ0v) is 14.2. The second-order valence-electron chi connectivity index (χ2n) is 5.91. The van der Waals surface area contributed by atoms with Crippen molar-refractivity contribution in [1.29, 1.82) is 0 Å². The van der Waals surface area contributed by atoms with Gasteiger partial charge in [0.1, 0.15) is 17.6 Å². The molecule has 1 amide bonds. The third-order valence-electron chi connectivity index (χ3n) is 4.29. The van der Waals surface area contributed by atoms with Crippen molar-refractivity contribution >= 4 is 11.6 Å². The Hall–Kier alpha value is -2.49. The standard InChI is InChI=1S/C20H23NO3/c1-3-15-9-11-17(12-10-15)23-14-20(22)21-13-16(4-2)24-19-8-6-5-7-18(19)21/h5-12,16H,3-4,13-14H2,1-2H3. The molecular weight excluding hydrogens is 302 g/mol. The van der Waals surface area contributed by atoms with Gasteiger partial charge in [-0.2, -0.15) is 0 Å². The molecule has 0 bridgehead atoms. The van der Waals surface area contributed by atoms with E-state index in [1.54, 1.807) is 4.90 Å². The number of ether oxygens (including phenoxy) is 2. The van der Waals surface area contributed by atoms with Crippen molar-refractivity contribution in [1.82, 2.24) is 0 Å². The van der Waals surface area contributed by atoms with Crippen LogP contribution in [0.2, 0.25) is 0 Å². The molecule has 3 rings (SSSR count). The Morgan fingerprint density at radius 2 is 1.92 bits per heavy atom. The Labute approximate surface area is 143 Å². The van der Waals surface area contributed by atoms with Gasteiger partial charge in [-0.1, -0.05) is 38.1 Å². The molecule has 24 heavy (non-hydrogen) atoms. The highest BCUT2D eigenvalue weighted by Gasteiger charge is 2.28. The van der Waals surface area contributed by atoms with Gasteiger partial charge in [-0.05, 0) is 42.7 Å². The summed E-state index contributed by atoms with van der Waals surface area (Å²) in [6.45, 7) is 4.76. The first kappa shape index (κ1) is 16.4. The van der Waals surface area contributed by atoms with Gasteiger partial charge in [0.05, 0.1) is 12.2 Å². The van der Waals surface area contributed by atoms with E-state index < -0.39 is 0 Å². The van der Waals surface area contributed by atoms with Gasteiger partial charge in [0, 0.05) is 0 Å². The molecule has 0 fully saturated rings. The average Bonchev–Trinajstić information content (AvgIpc) is 2.65. The summed E-state index contributed by atoms with van der Waals surface area (Å²) in [5, 5.41) is 0. The second-order valence-corrected chi connectivity index (χ2v) is 5.91. The lowest BCUT2D eigenvalue weighted by molar-refractivity contribution is -0.121. The molecule has 0 spiro atoms. The Bertz CT molecular complexity index is 696. The minimum atomic E-state index is -0.0521. The molecule has 0 aromatic heterocycles. The van der Waals surface area contributed by atoms with E-state index in [-0.39, 0.29) is 18.6 Å². The molecule has 0 N–H and O–H groups in total. The molecule has 2 aromatic rings. The fourth-order valence-electron chi connectivity index (χ4n) is 2.79. The summed E-state index contributed by atoms with van der Waals surface area (Å²) >= 11 is 0. The Kier molecular flexibility index (Phi) is 5.04. The first-order valence-electron chi connectivity index (χ1n) is 8.49. The topological polar surface area (TPSA) is 38.8 Å². The number of benzene rings is 2. The van der Waals surface area contributed by atoms with Gasteiger partial charge in [0.25, 0.3) is 5.91 Å². The molecular formula is C20H23NO3. The Morgan fingerprint density at radius 3 is 2.62 bits per heavy atom. The summed E-state index contributed by atoms with van der Waals surface area (Å²) in [6, 6.07) is 15.5.